The molecule has 0 aliphatic carbocycles. The molecule has 0 aliphatic rings. The fraction of sp³-hybridized carbons (Fsp3) is 0.961. The average Bonchev–Trinajstić information content (AvgIpc) is 0.950. The molecule has 0 aromatic carbocycles. The van der Waals surface area contributed by atoms with Crippen LogP contribution < -0.4 is 0 Å². The van der Waals surface area contributed by atoms with Crippen molar-refractivity contribution in [3.05, 3.63) is 0 Å². The molecule has 4 atom stereocenters. The Morgan fingerprint density at radius 1 is 0.221 bits per heavy atom. The lowest BCUT2D eigenvalue weighted by Gasteiger charge is -2.24. The van der Waals surface area contributed by atoms with Crippen molar-refractivity contribution in [1.29, 1.82) is 0 Å². The van der Waals surface area contributed by atoms with Gasteiger partial charge in [-0.1, -0.05) is 409 Å². The standard InChI is InChI=1S/C54H107NO4.C48H96N2O4/c1-7-11-15-19-29-37-45-51(43-35-17-13-9-3)53(56)58-47-39-31-25-21-23-27-33-41-50(49-55(5)6)42-34-28-24-22-26-32-40-48-59-54(57)52(44-36-18-14-10-4)46-38-30-20-16-12-8-2;1-7-11-15-19-21-27-35-45(34-26-17-13-9-3)44-54-47(51)38-30-25-32-40-50(42-41-49(5)6)39-31-23-24-33-43-53-48(52)46(36-28-18-14-10-4)37-29-22-20-16-12-8-2/h50-52H,7-49H2,1-6H3;45-46H,7-44H2,1-6H3. The molecule has 0 aromatic heterocycles. The van der Waals surface area contributed by atoms with Crippen LogP contribution in [0.4, 0.5) is 0 Å². The lowest BCUT2D eigenvalue weighted by atomic mass is 9.93. The first-order valence-corrected chi connectivity index (χ1v) is 50.9. The van der Waals surface area contributed by atoms with Crippen molar-refractivity contribution in [1.82, 2.24) is 14.7 Å². The number of unbranched alkanes of at least 4 members (excludes halogenated alkanes) is 49. The van der Waals surface area contributed by atoms with Gasteiger partial charge in [0.05, 0.1) is 44.2 Å². The van der Waals surface area contributed by atoms with E-state index in [1.54, 1.807) is 0 Å². The molecule has 0 bridgehead atoms. The second kappa shape index (κ2) is 92.1. The molecule has 0 saturated heterocycles. The highest BCUT2D eigenvalue weighted by Crippen LogP contribution is 2.27. The maximum atomic E-state index is 13.0. The number of carbonyl (C=O) groups excluding carboxylic acids is 4. The van der Waals surface area contributed by atoms with Crippen molar-refractivity contribution >= 4 is 23.9 Å². The lowest BCUT2D eigenvalue weighted by Crippen LogP contribution is -2.33. The van der Waals surface area contributed by atoms with Crippen molar-refractivity contribution in [2.75, 3.05) is 87.3 Å². The zero-order chi connectivity index (χ0) is 83.0. The first kappa shape index (κ1) is 113. The van der Waals surface area contributed by atoms with Gasteiger partial charge in [0.1, 0.15) is 0 Å². The van der Waals surface area contributed by atoms with Gasteiger partial charge in [-0.25, -0.2) is 0 Å². The number of hydrogen-bond acceptors (Lipinski definition) is 11. The van der Waals surface area contributed by atoms with Crippen molar-refractivity contribution in [3.8, 4) is 0 Å². The van der Waals surface area contributed by atoms with Crippen LogP contribution in [0.2, 0.25) is 0 Å². The Hall–Kier alpha value is -2.24. The Morgan fingerprint density at radius 3 is 0.726 bits per heavy atom. The molecule has 0 N–H and O–H groups in total. The summed E-state index contributed by atoms with van der Waals surface area (Å²) in [5, 5.41) is 0. The topological polar surface area (TPSA) is 115 Å². The third-order valence-electron chi connectivity index (χ3n) is 24.3. The number of hydrogen-bond donors (Lipinski definition) is 0. The molecule has 0 spiro atoms. The molecule has 674 valence electrons. The number of nitrogens with zero attached hydrogens (tertiary/aromatic N) is 3. The van der Waals surface area contributed by atoms with Crippen LogP contribution in [0.1, 0.15) is 518 Å². The van der Waals surface area contributed by atoms with Crippen molar-refractivity contribution < 1.29 is 38.1 Å². The Kier molecular flexibility index (Phi) is 91.9. The normalized spacial score (nSPS) is 13.0. The van der Waals surface area contributed by atoms with Gasteiger partial charge in [0, 0.05) is 26.1 Å². The van der Waals surface area contributed by atoms with Gasteiger partial charge in [-0.3, -0.25) is 19.2 Å². The lowest BCUT2D eigenvalue weighted by molar-refractivity contribution is -0.150. The summed E-state index contributed by atoms with van der Waals surface area (Å²) in [4.78, 5) is 58.8. The minimum absolute atomic E-state index is 0.00643. The summed E-state index contributed by atoms with van der Waals surface area (Å²) < 4.78 is 23.3. The largest absolute Gasteiger partial charge is 0.465 e. The Bertz CT molecular complexity index is 1850. The minimum atomic E-state index is 0.00643. The third-order valence-corrected chi connectivity index (χ3v) is 24.3. The van der Waals surface area contributed by atoms with Crippen LogP contribution in [0.25, 0.3) is 0 Å². The van der Waals surface area contributed by atoms with Gasteiger partial charge in [0.2, 0.25) is 0 Å². The molecule has 0 rings (SSSR count). The van der Waals surface area contributed by atoms with Crippen LogP contribution in [0.3, 0.4) is 0 Å². The van der Waals surface area contributed by atoms with E-state index in [0.717, 1.165) is 128 Å². The number of rotatable bonds is 91. The van der Waals surface area contributed by atoms with Crippen molar-refractivity contribution in [3.63, 3.8) is 0 Å². The van der Waals surface area contributed by atoms with E-state index < -0.39 is 0 Å². The van der Waals surface area contributed by atoms with Crippen LogP contribution in [0, 0.1) is 29.6 Å². The van der Waals surface area contributed by atoms with Crippen LogP contribution in [0.5, 0.6) is 0 Å². The van der Waals surface area contributed by atoms with Crippen molar-refractivity contribution in [2.24, 2.45) is 29.6 Å². The molecule has 0 fully saturated rings. The molecule has 11 nitrogen and oxygen atoms in total. The summed E-state index contributed by atoms with van der Waals surface area (Å²) in [6.45, 7) is 26.1. The fourth-order valence-corrected chi connectivity index (χ4v) is 16.6. The maximum Gasteiger partial charge on any atom is 0.308 e. The summed E-state index contributed by atoms with van der Waals surface area (Å²) >= 11 is 0. The number of likely N-dealkylation sites (N-methyl/N-ethyl adjacent to an activating group) is 1. The first-order chi connectivity index (χ1) is 55.3. The van der Waals surface area contributed by atoms with Crippen LogP contribution in [0.15, 0.2) is 0 Å². The molecule has 0 heterocycles. The molecule has 11 heteroatoms. The van der Waals surface area contributed by atoms with Gasteiger partial charge < -0.3 is 33.6 Å². The predicted molar refractivity (Wildman–Crippen MR) is 493 cm³/mol. The zero-order valence-electron chi connectivity index (χ0n) is 78.8. The number of ether oxygens (including phenoxy) is 4. The number of carbonyl (C=O) groups is 4. The molecule has 0 amide bonds. The summed E-state index contributed by atoms with van der Waals surface area (Å²) in [6.07, 6.45) is 88.0. The van der Waals surface area contributed by atoms with E-state index in [0.29, 0.717) is 38.8 Å². The second-order valence-electron chi connectivity index (χ2n) is 36.3. The van der Waals surface area contributed by atoms with Gasteiger partial charge in [0.25, 0.3) is 0 Å². The van der Waals surface area contributed by atoms with Gasteiger partial charge in [0.15, 0.2) is 0 Å². The molecular formula is C102H203N3O8. The molecule has 0 radical (unpaired) electrons. The van der Waals surface area contributed by atoms with E-state index in [2.05, 4.69) is 98.3 Å². The zero-order valence-corrected chi connectivity index (χ0v) is 78.8. The van der Waals surface area contributed by atoms with E-state index in [1.807, 2.05) is 0 Å². The van der Waals surface area contributed by atoms with E-state index in [4.69, 9.17) is 18.9 Å². The minimum Gasteiger partial charge on any atom is -0.465 e. The highest BCUT2D eigenvalue weighted by Gasteiger charge is 2.23. The summed E-state index contributed by atoms with van der Waals surface area (Å²) in [7, 11) is 8.76. The van der Waals surface area contributed by atoms with Crippen LogP contribution in [-0.4, -0.2) is 126 Å². The Labute approximate surface area is 707 Å². The third kappa shape index (κ3) is 83.2. The highest BCUT2D eigenvalue weighted by molar-refractivity contribution is 5.73. The van der Waals surface area contributed by atoms with Gasteiger partial charge in [-0.05, 0) is 156 Å². The summed E-state index contributed by atoms with van der Waals surface area (Å²) in [5.41, 5.74) is 0. The molecule has 113 heavy (non-hydrogen) atoms. The van der Waals surface area contributed by atoms with Gasteiger partial charge in [-0.2, -0.15) is 0 Å². The van der Waals surface area contributed by atoms with Crippen LogP contribution in [-0.2, 0) is 38.1 Å². The molecular weight excluding hydrogens is 1400 g/mol. The van der Waals surface area contributed by atoms with E-state index in [1.165, 1.54) is 366 Å². The van der Waals surface area contributed by atoms with Gasteiger partial charge >= 0.3 is 23.9 Å². The average molecular weight is 1600 g/mol. The van der Waals surface area contributed by atoms with Crippen LogP contribution >= 0.6 is 0 Å². The van der Waals surface area contributed by atoms with Gasteiger partial charge in [-0.15, -0.1) is 0 Å². The Morgan fingerprint density at radius 2 is 0.451 bits per heavy atom. The quantitative estimate of drug-likeness (QED) is 0.0329. The first-order valence-electron chi connectivity index (χ1n) is 50.9. The predicted octanol–water partition coefficient (Wildman–Crippen LogP) is 30.9. The molecule has 0 saturated carbocycles. The molecule has 4 unspecified atom stereocenters. The molecule has 0 aromatic rings. The second-order valence-corrected chi connectivity index (χ2v) is 36.3. The number of esters is 4. The fourth-order valence-electron chi connectivity index (χ4n) is 16.6. The smallest absolute Gasteiger partial charge is 0.308 e. The highest BCUT2D eigenvalue weighted by atomic mass is 16.5. The summed E-state index contributed by atoms with van der Waals surface area (Å²) in [5.74, 6) is 1.95. The maximum absolute atomic E-state index is 13.0. The SMILES string of the molecule is CCCCCCCCC(CCCCCC)C(=O)OCCCCCCCCCC(CCCCCCCCCOC(=O)C(CCCCCC)CCCCCCCC)CN(C)C.CCCCCCCCC(CCCCCC)COC(=O)CCCCCN(CCCCCCOC(=O)C(CCCCCC)CCCCCCCC)CCN(C)C. The molecule has 0 aliphatic heterocycles. The Balaban J connectivity index is 0. The van der Waals surface area contributed by atoms with E-state index in [-0.39, 0.29) is 41.6 Å². The van der Waals surface area contributed by atoms with E-state index >= 15 is 0 Å². The monoisotopic (exact) mass is 1600 g/mol. The summed E-state index contributed by atoms with van der Waals surface area (Å²) in [6, 6.07) is 0. The van der Waals surface area contributed by atoms with Crippen molar-refractivity contribution in [2.45, 2.75) is 518 Å². The van der Waals surface area contributed by atoms with E-state index in [9.17, 15) is 19.2 Å².